The zero-order valence-electron chi connectivity index (χ0n) is 17.8. The van der Waals surface area contributed by atoms with Crippen LogP contribution in [0.2, 0.25) is 0 Å². The lowest BCUT2D eigenvalue weighted by Crippen LogP contribution is -2.75. The smallest absolute Gasteiger partial charge is 0.328 e. The summed E-state index contributed by atoms with van der Waals surface area (Å²) in [6.07, 6.45) is -0.899. The van der Waals surface area contributed by atoms with Gasteiger partial charge in [0.15, 0.2) is 11.2 Å². The number of hydrogen-bond donors (Lipinski definition) is 2. The third kappa shape index (κ3) is 3.30. The minimum Gasteiger partial charge on any atom is -0.370 e. The van der Waals surface area contributed by atoms with Crippen molar-refractivity contribution in [2.45, 2.75) is 38.5 Å². The summed E-state index contributed by atoms with van der Waals surface area (Å²) in [5, 5.41) is 4.41. The van der Waals surface area contributed by atoms with E-state index in [1.807, 2.05) is 23.9 Å². The van der Waals surface area contributed by atoms with E-state index in [1.54, 1.807) is 6.92 Å². The topological polar surface area (TPSA) is 108 Å². The number of likely N-dealkylation sites (N-methyl/N-ethyl adjacent to an activating group) is 1. The largest absolute Gasteiger partial charge is 0.370 e. The Morgan fingerprint density at radius 3 is 2.48 bits per heavy atom. The third-order valence-electron chi connectivity index (χ3n) is 6.25. The maximum atomic E-state index is 14.7. The number of nitrogens with one attached hydrogen (secondary N) is 2. The summed E-state index contributed by atoms with van der Waals surface area (Å²) in [7, 11) is 3.80. The Hall–Kier alpha value is -2.85. The minimum atomic E-state index is -1.66. The van der Waals surface area contributed by atoms with Crippen molar-refractivity contribution in [2.24, 2.45) is 5.41 Å². The molecule has 1 spiro atoms. The van der Waals surface area contributed by atoms with Gasteiger partial charge in [0.2, 0.25) is 11.8 Å². The molecule has 9 nitrogen and oxygen atoms in total. The number of carbonyl (C=O) groups is 4. The lowest BCUT2D eigenvalue weighted by molar-refractivity contribution is -0.154. The number of Topliss-reactive ketones (excluding diaryl/α,β-unsaturated/α-hetero) is 1. The van der Waals surface area contributed by atoms with Crippen LogP contribution < -0.4 is 15.5 Å². The maximum absolute atomic E-state index is 14.7. The molecule has 1 aromatic carbocycles. The van der Waals surface area contributed by atoms with Gasteiger partial charge in [-0.05, 0) is 52.1 Å². The number of imide groups is 2. The van der Waals surface area contributed by atoms with Crippen LogP contribution in [-0.4, -0.2) is 74.0 Å². The van der Waals surface area contributed by atoms with E-state index >= 15 is 0 Å². The van der Waals surface area contributed by atoms with Crippen molar-refractivity contribution in [3.63, 3.8) is 0 Å². The molecule has 0 unspecified atom stereocenters. The van der Waals surface area contributed by atoms with Gasteiger partial charge in [-0.15, -0.1) is 0 Å². The van der Waals surface area contributed by atoms with Crippen LogP contribution in [0.4, 0.5) is 14.9 Å². The number of halogens is 1. The predicted octanol–water partition coefficient (Wildman–Crippen LogP) is 0.461. The van der Waals surface area contributed by atoms with Gasteiger partial charge in [0.05, 0.1) is 23.8 Å². The van der Waals surface area contributed by atoms with E-state index in [9.17, 15) is 23.6 Å². The van der Waals surface area contributed by atoms with E-state index in [1.165, 1.54) is 19.1 Å². The molecule has 2 N–H and O–H groups in total. The van der Waals surface area contributed by atoms with Crippen molar-refractivity contribution in [3.05, 3.63) is 29.1 Å². The first-order chi connectivity index (χ1) is 14.5. The van der Waals surface area contributed by atoms with E-state index in [4.69, 9.17) is 4.74 Å². The second-order valence-corrected chi connectivity index (χ2v) is 8.73. The fourth-order valence-corrected chi connectivity index (χ4v) is 5.11. The average molecular weight is 432 g/mol. The van der Waals surface area contributed by atoms with E-state index in [-0.39, 0.29) is 18.1 Å². The first kappa shape index (κ1) is 21.4. The monoisotopic (exact) mass is 432 g/mol. The Balaban J connectivity index is 1.89. The molecule has 166 valence electrons. The molecule has 1 aromatic rings. The van der Waals surface area contributed by atoms with Gasteiger partial charge in [0, 0.05) is 18.8 Å². The first-order valence-corrected chi connectivity index (χ1v) is 10.1. The van der Waals surface area contributed by atoms with Crippen LogP contribution in [0.15, 0.2) is 12.1 Å². The van der Waals surface area contributed by atoms with Crippen LogP contribution in [0.25, 0.3) is 0 Å². The van der Waals surface area contributed by atoms with Gasteiger partial charge in [0.1, 0.15) is 5.82 Å². The molecule has 4 amide bonds. The second kappa shape index (κ2) is 7.38. The summed E-state index contributed by atoms with van der Waals surface area (Å²) in [5.74, 6) is -2.56. The number of nitrogens with zero attached hydrogens (tertiary/aromatic N) is 2. The van der Waals surface area contributed by atoms with E-state index in [0.717, 1.165) is 0 Å². The molecule has 2 saturated heterocycles. The molecule has 0 aromatic heterocycles. The zero-order chi connectivity index (χ0) is 22.7. The van der Waals surface area contributed by atoms with Gasteiger partial charge in [-0.3, -0.25) is 25.0 Å². The number of morpholine rings is 1. The van der Waals surface area contributed by atoms with Crippen molar-refractivity contribution in [3.8, 4) is 0 Å². The zero-order valence-corrected chi connectivity index (χ0v) is 17.8. The molecule has 3 aliphatic rings. The molecule has 0 aliphatic carbocycles. The van der Waals surface area contributed by atoms with Crippen LogP contribution in [0.3, 0.4) is 0 Å². The summed E-state index contributed by atoms with van der Waals surface area (Å²) < 4.78 is 20.9. The van der Waals surface area contributed by atoms with Crippen molar-refractivity contribution >= 4 is 29.3 Å². The van der Waals surface area contributed by atoms with E-state index in [0.29, 0.717) is 24.3 Å². The lowest BCUT2D eigenvalue weighted by Gasteiger charge is -2.56. The SMILES string of the molecule is CC(=O)c1cc2c(cc1F)N1C[C@@H](CN(C)C)O[C@@H](C)[C@@H]1C1(C2)C(=O)NC(=O)NC1=O. The standard InChI is InChI=1S/C21H25FN4O5/c1-10(27)14-5-12-7-21(18(28)23-20(30)24-19(21)29)17-11(2)31-13(8-25(3)4)9-26(17)16(12)6-15(14)22/h5-6,11,13,17H,7-9H2,1-4H3,(H2,23,24,28,29,30)/t11-,13+,17+/m0/s1. The number of carbonyl (C=O) groups excluding carboxylic acids is 4. The van der Waals surface area contributed by atoms with Gasteiger partial charge < -0.3 is 14.5 Å². The van der Waals surface area contributed by atoms with Crippen molar-refractivity contribution in [1.82, 2.24) is 15.5 Å². The van der Waals surface area contributed by atoms with Crippen molar-refractivity contribution < 1.29 is 28.3 Å². The fraction of sp³-hybridized carbons (Fsp3) is 0.524. The number of amides is 4. The Labute approximate surface area is 178 Å². The highest BCUT2D eigenvalue weighted by Gasteiger charge is 2.63. The number of anilines is 1. The highest BCUT2D eigenvalue weighted by molar-refractivity contribution is 6.20. The molecule has 3 heterocycles. The van der Waals surface area contributed by atoms with Gasteiger partial charge in [-0.25, -0.2) is 9.18 Å². The average Bonchev–Trinajstić information content (AvgIpc) is 2.65. The maximum Gasteiger partial charge on any atom is 0.328 e. The molecule has 0 bridgehead atoms. The number of urea groups is 1. The number of ether oxygens (including phenoxy) is 1. The minimum absolute atomic E-state index is 0.0823. The Kier molecular flexibility index (Phi) is 5.09. The number of rotatable bonds is 3. The molecule has 31 heavy (non-hydrogen) atoms. The fourth-order valence-electron chi connectivity index (χ4n) is 5.11. The molecule has 4 rings (SSSR count). The number of benzene rings is 1. The summed E-state index contributed by atoms with van der Waals surface area (Å²) in [6, 6.07) is 1.06. The van der Waals surface area contributed by atoms with Crippen LogP contribution in [0.1, 0.15) is 29.8 Å². The van der Waals surface area contributed by atoms with Gasteiger partial charge in [0.25, 0.3) is 0 Å². The molecule has 0 saturated carbocycles. The second-order valence-electron chi connectivity index (χ2n) is 8.73. The van der Waals surface area contributed by atoms with Gasteiger partial charge >= 0.3 is 6.03 Å². The number of fused-ring (bicyclic) bond motifs is 4. The Morgan fingerprint density at radius 2 is 1.90 bits per heavy atom. The predicted molar refractivity (Wildman–Crippen MR) is 108 cm³/mol. The van der Waals surface area contributed by atoms with Gasteiger partial charge in [-0.1, -0.05) is 0 Å². The summed E-state index contributed by atoms with van der Waals surface area (Å²) in [4.78, 5) is 53.7. The first-order valence-electron chi connectivity index (χ1n) is 10.1. The Bertz CT molecular complexity index is 974. The molecule has 0 radical (unpaired) electrons. The molecule has 10 heteroatoms. The van der Waals surface area contributed by atoms with Gasteiger partial charge in [-0.2, -0.15) is 0 Å². The molecular weight excluding hydrogens is 407 g/mol. The van der Waals surface area contributed by atoms with Crippen LogP contribution in [0, 0.1) is 11.2 Å². The van der Waals surface area contributed by atoms with Crippen LogP contribution >= 0.6 is 0 Å². The van der Waals surface area contributed by atoms with Crippen LogP contribution in [-0.2, 0) is 20.7 Å². The van der Waals surface area contributed by atoms with Crippen molar-refractivity contribution in [2.75, 3.05) is 32.1 Å². The molecule has 3 atom stereocenters. The number of barbiturate groups is 1. The number of ketones is 1. The van der Waals surface area contributed by atoms with E-state index in [2.05, 4.69) is 10.6 Å². The highest BCUT2D eigenvalue weighted by Crippen LogP contribution is 2.47. The van der Waals surface area contributed by atoms with Crippen molar-refractivity contribution in [1.29, 1.82) is 0 Å². The van der Waals surface area contributed by atoms with E-state index < -0.39 is 47.0 Å². The normalized spacial score (nSPS) is 27.0. The quantitative estimate of drug-likeness (QED) is 0.528. The third-order valence-corrected chi connectivity index (χ3v) is 6.25. The Morgan fingerprint density at radius 1 is 1.26 bits per heavy atom. The summed E-state index contributed by atoms with van der Waals surface area (Å²) in [5.41, 5.74) is -0.740. The molecular formula is C21H25FN4O5. The molecule has 3 aliphatic heterocycles. The number of hydrogen-bond acceptors (Lipinski definition) is 7. The summed E-state index contributed by atoms with van der Waals surface area (Å²) >= 11 is 0. The lowest BCUT2D eigenvalue weighted by atomic mass is 9.66. The van der Waals surface area contributed by atoms with Crippen LogP contribution in [0.5, 0.6) is 0 Å². The highest BCUT2D eigenvalue weighted by atomic mass is 19.1. The molecule has 2 fully saturated rings. The summed E-state index contributed by atoms with van der Waals surface area (Å²) in [6.45, 7) is 3.93.